The summed E-state index contributed by atoms with van der Waals surface area (Å²) in [6.07, 6.45) is 2.67. The molecule has 0 spiro atoms. The van der Waals surface area contributed by atoms with Crippen LogP contribution in [0, 0.1) is 0 Å². The van der Waals surface area contributed by atoms with Crippen molar-refractivity contribution in [1.29, 1.82) is 0 Å². The Bertz CT molecular complexity index is 568. The van der Waals surface area contributed by atoms with Gasteiger partial charge in [-0.05, 0) is 6.07 Å². The minimum atomic E-state index is -1.11. The molecule has 0 saturated heterocycles. The molecule has 2 rings (SSSR count). The van der Waals surface area contributed by atoms with Gasteiger partial charge < -0.3 is 14.9 Å². The Morgan fingerprint density at radius 3 is 2.72 bits per heavy atom. The molecule has 0 radical (unpaired) electrons. The van der Waals surface area contributed by atoms with E-state index < -0.39 is 5.97 Å². The smallest absolute Gasteiger partial charge is 0.341 e. The van der Waals surface area contributed by atoms with Crippen LogP contribution in [-0.2, 0) is 6.61 Å². The van der Waals surface area contributed by atoms with Gasteiger partial charge in [0.15, 0.2) is 0 Å². The van der Waals surface area contributed by atoms with Crippen LogP contribution in [0.5, 0.6) is 11.5 Å². The normalized spacial score (nSPS) is 10.1. The van der Waals surface area contributed by atoms with Gasteiger partial charge in [-0.2, -0.15) is 0 Å². The lowest BCUT2D eigenvalue weighted by molar-refractivity contribution is 0.0693. The third-order valence-corrected chi connectivity index (χ3v) is 2.37. The number of aliphatic hydroxyl groups is 1. The van der Waals surface area contributed by atoms with Gasteiger partial charge in [0.2, 0.25) is 0 Å². The van der Waals surface area contributed by atoms with Crippen LogP contribution in [0.25, 0.3) is 0 Å². The molecule has 0 bridgehead atoms. The van der Waals surface area contributed by atoms with Gasteiger partial charge >= 0.3 is 5.97 Å². The number of hydrogen-bond donors (Lipinski definition) is 2. The summed E-state index contributed by atoms with van der Waals surface area (Å²) in [5.41, 5.74) is 0.566. The maximum absolute atomic E-state index is 11.0. The van der Waals surface area contributed by atoms with E-state index in [-0.39, 0.29) is 17.9 Å². The summed E-state index contributed by atoms with van der Waals surface area (Å²) < 4.78 is 5.51. The molecule has 1 aromatic carbocycles. The molecule has 0 unspecified atom stereocenters. The lowest BCUT2D eigenvalue weighted by Crippen LogP contribution is -2.01. The highest BCUT2D eigenvalue weighted by Crippen LogP contribution is 2.27. The summed E-state index contributed by atoms with van der Waals surface area (Å²) in [6, 6.07) is 8.35. The lowest BCUT2D eigenvalue weighted by Gasteiger charge is -2.10. The zero-order valence-electron chi connectivity index (χ0n) is 9.41. The Kier molecular flexibility index (Phi) is 3.54. The van der Waals surface area contributed by atoms with Crippen molar-refractivity contribution in [2.45, 2.75) is 6.61 Å². The largest absolute Gasteiger partial charge is 0.477 e. The van der Waals surface area contributed by atoms with Crippen molar-refractivity contribution in [3.05, 3.63) is 53.9 Å². The Morgan fingerprint density at radius 1 is 1.22 bits per heavy atom. The first kappa shape index (κ1) is 12.1. The van der Waals surface area contributed by atoms with Crippen LogP contribution in [0.15, 0.2) is 42.7 Å². The van der Waals surface area contributed by atoms with Crippen LogP contribution in [0.4, 0.5) is 0 Å². The number of para-hydroxylation sites is 1. The van der Waals surface area contributed by atoms with E-state index in [1.54, 1.807) is 24.3 Å². The number of carboxylic acid groups (broad SMARTS) is 1. The maximum Gasteiger partial charge on any atom is 0.341 e. The first-order valence-corrected chi connectivity index (χ1v) is 5.26. The Morgan fingerprint density at radius 2 is 2.00 bits per heavy atom. The number of carbonyl (C=O) groups is 1. The van der Waals surface area contributed by atoms with E-state index in [1.807, 2.05) is 0 Å². The summed E-state index contributed by atoms with van der Waals surface area (Å²) >= 11 is 0. The molecule has 2 N–H and O–H groups in total. The third kappa shape index (κ3) is 2.46. The summed E-state index contributed by atoms with van der Waals surface area (Å²) in [5.74, 6) is -0.494. The number of nitrogens with zero attached hydrogens (tertiary/aromatic N) is 1. The fourth-order valence-corrected chi connectivity index (χ4v) is 1.48. The van der Waals surface area contributed by atoms with Crippen LogP contribution in [0.3, 0.4) is 0 Å². The molecule has 18 heavy (non-hydrogen) atoms. The van der Waals surface area contributed by atoms with E-state index in [0.717, 1.165) is 0 Å². The topological polar surface area (TPSA) is 79.7 Å². The molecule has 2 aromatic rings. The molecule has 1 aromatic heterocycles. The Balaban J connectivity index is 2.37. The van der Waals surface area contributed by atoms with Gasteiger partial charge in [-0.1, -0.05) is 18.2 Å². The molecule has 0 amide bonds. The Hall–Kier alpha value is -2.40. The summed E-state index contributed by atoms with van der Waals surface area (Å²) in [7, 11) is 0. The van der Waals surface area contributed by atoms with Gasteiger partial charge in [0.05, 0.1) is 6.61 Å². The second-order valence-corrected chi connectivity index (χ2v) is 3.54. The fraction of sp³-hybridized carbons (Fsp3) is 0.0769. The van der Waals surface area contributed by atoms with Gasteiger partial charge in [0.25, 0.3) is 0 Å². The molecule has 1 heterocycles. The molecule has 5 heteroatoms. The predicted octanol–water partition coefficient (Wildman–Crippen LogP) is 2.06. The number of aromatic nitrogens is 1. The van der Waals surface area contributed by atoms with Crippen molar-refractivity contribution in [2.24, 2.45) is 0 Å². The van der Waals surface area contributed by atoms with Crippen LogP contribution >= 0.6 is 0 Å². The van der Waals surface area contributed by atoms with Gasteiger partial charge in [-0.3, -0.25) is 4.98 Å². The van der Waals surface area contributed by atoms with Crippen LogP contribution in [0.2, 0.25) is 0 Å². The zero-order valence-corrected chi connectivity index (χ0v) is 9.41. The summed E-state index contributed by atoms with van der Waals surface area (Å²) in [6.45, 7) is -0.177. The van der Waals surface area contributed by atoms with Crippen molar-refractivity contribution in [3.63, 3.8) is 0 Å². The van der Waals surface area contributed by atoms with E-state index in [0.29, 0.717) is 11.3 Å². The lowest BCUT2D eigenvalue weighted by atomic mass is 10.2. The first-order valence-electron chi connectivity index (χ1n) is 5.26. The van der Waals surface area contributed by atoms with Crippen molar-refractivity contribution in [1.82, 2.24) is 4.98 Å². The second-order valence-electron chi connectivity index (χ2n) is 3.54. The van der Waals surface area contributed by atoms with E-state index >= 15 is 0 Å². The number of ether oxygens (including phenoxy) is 1. The number of pyridine rings is 1. The summed E-state index contributed by atoms with van der Waals surface area (Å²) in [4.78, 5) is 14.7. The standard InChI is InChI=1S/C13H11NO4/c15-8-9-3-1-2-4-11(9)18-12-5-6-14-7-10(12)13(16)17/h1-7,15H,8H2,(H,16,17). The van der Waals surface area contributed by atoms with Crippen molar-refractivity contribution in [2.75, 3.05) is 0 Å². The molecule has 0 aliphatic heterocycles. The Labute approximate surface area is 103 Å². The quantitative estimate of drug-likeness (QED) is 0.861. The molecule has 92 valence electrons. The molecular weight excluding hydrogens is 234 g/mol. The van der Waals surface area contributed by atoms with Crippen molar-refractivity contribution in [3.8, 4) is 11.5 Å². The molecule has 5 nitrogen and oxygen atoms in total. The van der Waals surface area contributed by atoms with Crippen LogP contribution < -0.4 is 4.74 Å². The minimum Gasteiger partial charge on any atom is -0.477 e. The minimum absolute atomic E-state index is 0.0229. The first-order chi connectivity index (χ1) is 8.72. The molecule has 0 saturated carbocycles. The predicted molar refractivity (Wildman–Crippen MR) is 63.6 cm³/mol. The number of aliphatic hydroxyl groups excluding tert-OH is 1. The zero-order chi connectivity index (χ0) is 13.0. The molecule has 0 aliphatic carbocycles. The highest BCUT2D eigenvalue weighted by atomic mass is 16.5. The SMILES string of the molecule is O=C(O)c1cnccc1Oc1ccccc1CO. The fourth-order valence-electron chi connectivity index (χ4n) is 1.48. The van der Waals surface area contributed by atoms with E-state index in [1.165, 1.54) is 18.5 Å². The molecule has 0 fully saturated rings. The van der Waals surface area contributed by atoms with Crippen molar-refractivity contribution >= 4 is 5.97 Å². The van der Waals surface area contributed by atoms with E-state index in [4.69, 9.17) is 14.9 Å². The summed E-state index contributed by atoms with van der Waals surface area (Å²) in [5, 5.41) is 18.2. The van der Waals surface area contributed by atoms with Gasteiger partial charge in [-0.25, -0.2) is 4.79 Å². The number of rotatable bonds is 4. The average molecular weight is 245 g/mol. The second kappa shape index (κ2) is 5.29. The van der Waals surface area contributed by atoms with Crippen LogP contribution in [-0.4, -0.2) is 21.2 Å². The third-order valence-electron chi connectivity index (χ3n) is 2.37. The maximum atomic E-state index is 11.0. The highest BCUT2D eigenvalue weighted by molar-refractivity contribution is 5.90. The number of carboxylic acids is 1. The molecule has 0 atom stereocenters. The average Bonchev–Trinajstić information content (AvgIpc) is 2.40. The van der Waals surface area contributed by atoms with Gasteiger partial charge in [0, 0.05) is 24.0 Å². The van der Waals surface area contributed by atoms with E-state index in [2.05, 4.69) is 4.98 Å². The monoisotopic (exact) mass is 245 g/mol. The number of aromatic carboxylic acids is 1. The number of hydrogen-bond acceptors (Lipinski definition) is 4. The van der Waals surface area contributed by atoms with Crippen molar-refractivity contribution < 1.29 is 19.7 Å². The highest BCUT2D eigenvalue weighted by Gasteiger charge is 2.13. The van der Waals surface area contributed by atoms with Crippen LogP contribution in [0.1, 0.15) is 15.9 Å². The van der Waals surface area contributed by atoms with Gasteiger partial charge in [-0.15, -0.1) is 0 Å². The molecular formula is C13H11NO4. The van der Waals surface area contributed by atoms with Gasteiger partial charge in [0.1, 0.15) is 17.1 Å². The number of benzene rings is 1. The molecule has 0 aliphatic rings. The van der Waals surface area contributed by atoms with E-state index in [9.17, 15) is 4.79 Å².